The van der Waals surface area contributed by atoms with Gasteiger partial charge in [-0.25, -0.2) is 13.6 Å². The number of primary sulfonamides is 1. The first-order valence-electron chi connectivity index (χ1n) is 10.0. The van der Waals surface area contributed by atoms with Crippen molar-refractivity contribution in [3.63, 3.8) is 0 Å². The third kappa shape index (κ3) is 6.17. The van der Waals surface area contributed by atoms with Crippen LogP contribution in [0.5, 0.6) is 0 Å². The zero-order valence-corrected chi connectivity index (χ0v) is 17.5. The predicted molar refractivity (Wildman–Crippen MR) is 115 cm³/mol. The number of nitrogens with two attached hydrogens (primary N) is 1. The zero-order valence-electron chi connectivity index (χ0n) is 16.7. The first kappa shape index (κ1) is 22.0. The van der Waals surface area contributed by atoms with Crippen molar-refractivity contribution < 1.29 is 18.3 Å². The van der Waals surface area contributed by atoms with Gasteiger partial charge in [0.15, 0.2) is 0 Å². The number of sulfonamides is 1. The number of amides is 1. The van der Waals surface area contributed by atoms with Gasteiger partial charge in [0.1, 0.15) is 5.60 Å². The molecular formula is C23H26N2O4S. The van der Waals surface area contributed by atoms with Gasteiger partial charge < -0.3 is 10.4 Å². The number of hydrogen-bond acceptors (Lipinski definition) is 4. The molecule has 1 amide bonds. The second kappa shape index (κ2) is 9.43. The number of rotatable bonds is 5. The minimum absolute atomic E-state index is 0.0612. The minimum atomic E-state index is -3.71. The van der Waals surface area contributed by atoms with Gasteiger partial charge in [0, 0.05) is 17.7 Å². The van der Waals surface area contributed by atoms with E-state index in [0.717, 1.165) is 24.8 Å². The average molecular weight is 427 g/mol. The van der Waals surface area contributed by atoms with Crippen LogP contribution in [0.3, 0.4) is 0 Å². The molecule has 7 heteroatoms. The zero-order chi connectivity index (χ0) is 21.6. The van der Waals surface area contributed by atoms with E-state index in [1.165, 1.54) is 12.1 Å². The third-order valence-electron chi connectivity index (χ3n) is 5.20. The van der Waals surface area contributed by atoms with Crippen LogP contribution in [-0.2, 0) is 16.4 Å². The Morgan fingerprint density at radius 2 is 1.80 bits per heavy atom. The highest BCUT2D eigenvalue weighted by molar-refractivity contribution is 7.89. The highest BCUT2D eigenvalue weighted by Gasteiger charge is 2.26. The van der Waals surface area contributed by atoms with E-state index in [-0.39, 0.29) is 10.8 Å². The van der Waals surface area contributed by atoms with E-state index in [1.54, 1.807) is 30.3 Å². The van der Waals surface area contributed by atoms with E-state index in [0.29, 0.717) is 36.9 Å². The predicted octanol–water partition coefficient (Wildman–Crippen LogP) is 2.35. The molecule has 2 aromatic carbocycles. The number of aliphatic hydroxyl groups is 1. The molecule has 30 heavy (non-hydrogen) atoms. The average Bonchev–Trinajstić information content (AvgIpc) is 2.73. The Kier molecular flexibility index (Phi) is 6.93. The second-order valence-corrected chi connectivity index (χ2v) is 9.18. The largest absolute Gasteiger partial charge is 0.378 e. The van der Waals surface area contributed by atoms with Crippen LogP contribution in [-0.4, -0.2) is 31.6 Å². The van der Waals surface area contributed by atoms with Crippen LogP contribution in [0.2, 0.25) is 0 Å². The van der Waals surface area contributed by atoms with Crippen LogP contribution in [0.4, 0.5) is 0 Å². The van der Waals surface area contributed by atoms with Crippen LogP contribution < -0.4 is 10.5 Å². The van der Waals surface area contributed by atoms with Crippen molar-refractivity contribution in [1.29, 1.82) is 0 Å². The van der Waals surface area contributed by atoms with Gasteiger partial charge in [0.05, 0.1) is 4.90 Å². The number of hydrogen-bond donors (Lipinski definition) is 3. The van der Waals surface area contributed by atoms with Crippen molar-refractivity contribution in [1.82, 2.24) is 5.32 Å². The molecule has 0 unspecified atom stereocenters. The fourth-order valence-corrected chi connectivity index (χ4v) is 3.97. The van der Waals surface area contributed by atoms with Gasteiger partial charge in [-0.1, -0.05) is 36.5 Å². The summed E-state index contributed by atoms with van der Waals surface area (Å²) in [5.41, 5.74) is 1.17. The van der Waals surface area contributed by atoms with Gasteiger partial charge >= 0.3 is 0 Å². The molecule has 0 aromatic heterocycles. The van der Waals surface area contributed by atoms with E-state index in [1.807, 2.05) is 6.07 Å². The maximum absolute atomic E-state index is 12.4. The first-order chi connectivity index (χ1) is 14.3. The summed E-state index contributed by atoms with van der Waals surface area (Å²) in [6, 6.07) is 13.3. The summed E-state index contributed by atoms with van der Waals surface area (Å²) in [6.45, 7) is 0.406. The Bertz CT molecular complexity index is 1060. The Balaban J connectivity index is 1.56. The quantitative estimate of drug-likeness (QED) is 0.638. The van der Waals surface area contributed by atoms with Gasteiger partial charge in [0.2, 0.25) is 10.0 Å². The molecule has 0 aliphatic heterocycles. The number of carbonyl (C=O) groups excluding carboxylic acids is 1. The van der Waals surface area contributed by atoms with Crippen molar-refractivity contribution in [3.8, 4) is 11.8 Å². The van der Waals surface area contributed by atoms with Crippen LogP contribution in [0.1, 0.15) is 53.6 Å². The van der Waals surface area contributed by atoms with E-state index >= 15 is 0 Å². The number of carbonyl (C=O) groups is 1. The molecule has 0 spiro atoms. The molecule has 0 heterocycles. The maximum Gasteiger partial charge on any atom is 0.251 e. The maximum atomic E-state index is 12.4. The van der Waals surface area contributed by atoms with Crippen LogP contribution in [0.15, 0.2) is 53.4 Å². The highest BCUT2D eigenvalue weighted by Crippen LogP contribution is 2.27. The van der Waals surface area contributed by atoms with Gasteiger partial charge in [-0.3, -0.25) is 4.79 Å². The highest BCUT2D eigenvalue weighted by atomic mass is 32.2. The van der Waals surface area contributed by atoms with Crippen molar-refractivity contribution in [2.45, 2.75) is 49.0 Å². The summed E-state index contributed by atoms with van der Waals surface area (Å²) in [5, 5.41) is 18.4. The molecule has 6 nitrogen and oxygen atoms in total. The normalized spacial score (nSPS) is 15.7. The second-order valence-electron chi connectivity index (χ2n) is 7.62. The summed E-state index contributed by atoms with van der Waals surface area (Å²) in [4.78, 5) is 12.5. The number of nitrogens with one attached hydrogen (secondary N) is 1. The van der Waals surface area contributed by atoms with Gasteiger partial charge in [-0.2, -0.15) is 0 Å². The molecule has 0 atom stereocenters. The van der Waals surface area contributed by atoms with Gasteiger partial charge in [0.25, 0.3) is 5.91 Å². The Morgan fingerprint density at radius 3 is 2.47 bits per heavy atom. The van der Waals surface area contributed by atoms with E-state index < -0.39 is 15.6 Å². The van der Waals surface area contributed by atoms with E-state index in [4.69, 9.17) is 5.14 Å². The smallest absolute Gasteiger partial charge is 0.251 e. The molecule has 1 aliphatic carbocycles. The Morgan fingerprint density at radius 1 is 1.10 bits per heavy atom. The SMILES string of the molecule is NS(=O)(=O)c1ccc(CCNC(=O)c2cccc(C#CC3(O)CCCCC3)c2)cc1. The van der Waals surface area contributed by atoms with E-state index in [9.17, 15) is 18.3 Å². The molecule has 158 valence electrons. The molecule has 4 N–H and O–H groups in total. The standard InChI is InChI=1S/C23H26N2O4S/c24-30(28,29)21-9-7-18(8-10-21)12-16-25-22(26)20-6-4-5-19(17-20)11-15-23(27)13-2-1-3-14-23/h4-10,17,27H,1-3,12-14,16H2,(H,25,26)(H2,24,28,29). The molecule has 0 radical (unpaired) electrons. The molecule has 2 aromatic rings. The fourth-order valence-electron chi connectivity index (χ4n) is 3.46. The first-order valence-corrected chi connectivity index (χ1v) is 11.6. The Labute approximate surface area is 177 Å². The molecule has 0 bridgehead atoms. The summed E-state index contributed by atoms with van der Waals surface area (Å²) in [7, 11) is -3.71. The lowest BCUT2D eigenvalue weighted by atomic mass is 9.85. The monoisotopic (exact) mass is 426 g/mol. The minimum Gasteiger partial charge on any atom is -0.378 e. The van der Waals surface area contributed by atoms with Crippen molar-refractivity contribution in [3.05, 3.63) is 65.2 Å². The third-order valence-corrected chi connectivity index (χ3v) is 6.13. The lowest BCUT2D eigenvalue weighted by Gasteiger charge is -2.26. The van der Waals surface area contributed by atoms with E-state index in [2.05, 4.69) is 17.2 Å². The Hall–Kier alpha value is -2.66. The number of benzene rings is 2. The molecular weight excluding hydrogens is 400 g/mol. The summed E-state index contributed by atoms with van der Waals surface area (Å²) >= 11 is 0. The van der Waals surface area contributed by atoms with Crippen LogP contribution in [0.25, 0.3) is 0 Å². The lowest BCUT2D eigenvalue weighted by molar-refractivity contribution is 0.0610. The molecule has 1 fully saturated rings. The van der Waals surface area contributed by atoms with Gasteiger partial charge in [-0.05, 0) is 68.0 Å². The summed E-state index contributed by atoms with van der Waals surface area (Å²) < 4.78 is 22.6. The topological polar surface area (TPSA) is 109 Å². The summed E-state index contributed by atoms with van der Waals surface area (Å²) in [5.74, 6) is 5.78. The van der Waals surface area contributed by atoms with Gasteiger partial charge in [-0.15, -0.1) is 0 Å². The van der Waals surface area contributed by atoms with Crippen LogP contribution >= 0.6 is 0 Å². The van der Waals surface area contributed by atoms with Crippen molar-refractivity contribution in [2.75, 3.05) is 6.54 Å². The molecule has 1 saturated carbocycles. The molecule has 1 aliphatic rings. The van der Waals surface area contributed by atoms with Crippen LogP contribution in [0, 0.1) is 11.8 Å². The summed E-state index contributed by atoms with van der Waals surface area (Å²) in [6.07, 6.45) is 5.05. The fraction of sp³-hybridized carbons (Fsp3) is 0.348. The lowest BCUT2D eigenvalue weighted by Crippen LogP contribution is -2.29. The van der Waals surface area contributed by atoms with Crippen molar-refractivity contribution in [2.24, 2.45) is 5.14 Å². The molecule has 0 saturated heterocycles. The van der Waals surface area contributed by atoms with Crippen molar-refractivity contribution >= 4 is 15.9 Å². The molecule has 3 rings (SSSR count).